The zero-order chi connectivity index (χ0) is 37.8. The molecule has 6 atom stereocenters. The number of aliphatic hydroxyl groups is 1. The normalized spacial score (nSPS) is 27.0. The molecule has 4 aliphatic rings. The van der Waals surface area contributed by atoms with Crippen LogP contribution in [0.5, 0.6) is 11.5 Å². The Hall–Kier alpha value is -4.57. The van der Waals surface area contributed by atoms with E-state index < -0.39 is 41.1 Å². The van der Waals surface area contributed by atoms with Gasteiger partial charge in [-0.05, 0) is 83.7 Å². The average molecular weight is 727 g/mol. The molecule has 1 unspecified atom stereocenters. The second kappa shape index (κ2) is 16.0. The maximum absolute atomic E-state index is 14.0. The molecule has 8 N–H and O–H groups in total. The van der Waals surface area contributed by atoms with E-state index in [1.807, 2.05) is 33.0 Å². The number of aliphatic imine (C=N–C) groups is 1. The van der Waals surface area contributed by atoms with Crippen molar-refractivity contribution < 1.29 is 38.5 Å². The number of aryl methyl sites for hydroxylation is 1. The second-order valence-electron chi connectivity index (χ2n) is 14.3. The van der Waals surface area contributed by atoms with Crippen LogP contribution in [0.3, 0.4) is 0 Å². The summed E-state index contributed by atoms with van der Waals surface area (Å²) in [6.07, 6.45) is 4.20. The Morgan fingerprint density at radius 1 is 1.17 bits per heavy atom. The van der Waals surface area contributed by atoms with Gasteiger partial charge in [-0.25, -0.2) is 4.79 Å². The number of likely N-dealkylation sites (tertiary alicyclic amines) is 2. The van der Waals surface area contributed by atoms with E-state index >= 15 is 0 Å². The Bertz CT molecular complexity index is 1600. The number of nitrogens with two attached hydrogens (primary N) is 2. The minimum atomic E-state index is -1.21. The topological polar surface area (TPSA) is 223 Å². The number of benzene rings is 1. The van der Waals surface area contributed by atoms with Crippen molar-refractivity contribution in [3.63, 3.8) is 0 Å². The van der Waals surface area contributed by atoms with Crippen LogP contribution >= 0.6 is 0 Å². The van der Waals surface area contributed by atoms with Crippen molar-refractivity contribution >= 4 is 29.8 Å². The van der Waals surface area contributed by atoms with Crippen molar-refractivity contribution in [1.82, 2.24) is 25.8 Å². The van der Waals surface area contributed by atoms with E-state index in [-0.39, 0.29) is 56.4 Å². The average Bonchev–Trinajstić information content (AvgIpc) is 3.48. The number of carbonyl (C=O) groups is 4. The van der Waals surface area contributed by atoms with Crippen LogP contribution in [0.4, 0.5) is 4.79 Å². The molecule has 0 aromatic heterocycles. The highest BCUT2D eigenvalue weighted by atomic mass is 16.6. The number of hydrogen-bond donors (Lipinski definition) is 6. The van der Waals surface area contributed by atoms with Crippen LogP contribution < -0.4 is 36.9 Å². The molecular weight excluding hydrogens is 672 g/mol. The van der Waals surface area contributed by atoms with Crippen molar-refractivity contribution in [2.75, 3.05) is 46.9 Å². The number of piperidine rings is 2. The summed E-state index contributed by atoms with van der Waals surface area (Å²) in [7, 11) is 3.58. The third-order valence-electron chi connectivity index (χ3n) is 11.2. The van der Waals surface area contributed by atoms with Gasteiger partial charge in [0.25, 0.3) is 0 Å². The molecule has 0 bridgehead atoms. The number of nitrogens with one attached hydrogen (secondary N) is 3. The highest BCUT2D eigenvalue weighted by Crippen LogP contribution is 2.62. The van der Waals surface area contributed by atoms with E-state index in [0.717, 1.165) is 24.0 Å². The summed E-state index contributed by atoms with van der Waals surface area (Å²) < 4.78 is 18.6. The van der Waals surface area contributed by atoms with Gasteiger partial charge in [-0.15, -0.1) is 0 Å². The van der Waals surface area contributed by atoms with Crippen LogP contribution in [0.2, 0.25) is 0 Å². The van der Waals surface area contributed by atoms with Crippen LogP contribution in [0.25, 0.3) is 0 Å². The van der Waals surface area contributed by atoms with Gasteiger partial charge in [0.15, 0.2) is 23.6 Å². The Balaban J connectivity index is 1.32. The van der Waals surface area contributed by atoms with Crippen molar-refractivity contribution in [3.05, 3.63) is 35.1 Å². The number of likely N-dealkylation sites (N-methyl/N-ethyl adjacent to an activating group) is 1. The third-order valence-corrected chi connectivity index (χ3v) is 11.2. The summed E-state index contributed by atoms with van der Waals surface area (Å²) in [6.45, 7) is 6.57. The first-order chi connectivity index (χ1) is 24.7. The summed E-state index contributed by atoms with van der Waals surface area (Å²) >= 11 is 0. The lowest BCUT2D eigenvalue weighted by atomic mass is 9.54. The molecular formula is C36H54N8O8. The number of rotatable bonds is 12. The van der Waals surface area contributed by atoms with Gasteiger partial charge in [-0.3, -0.25) is 19.4 Å². The molecule has 52 heavy (non-hydrogen) atoms. The lowest BCUT2D eigenvalue weighted by Gasteiger charge is -2.58. The molecule has 3 heterocycles. The van der Waals surface area contributed by atoms with E-state index in [1.54, 1.807) is 18.1 Å². The first kappa shape index (κ1) is 38.7. The Labute approximate surface area is 304 Å². The molecule has 0 radical (unpaired) electrons. The Morgan fingerprint density at radius 3 is 2.65 bits per heavy atom. The number of guanidine groups is 1. The number of carbonyl (C=O) groups excluding carboxylic acids is 4. The molecule has 1 aromatic rings. The van der Waals surface area contributed by atoms with Gasteiger partial charge < -0.3 is 56.5 Å². The molecule has 16 nitrogen and oxygen atoms in total. The third kappa shape index (κ3) is 7.49. The predicted molar refractivity (Wildman–Crippen MR) is 193 cm³/mol. The van der Waals surface area contributed by atoms with Gasteiger partial charge in [0.2, 0.25) is 17.7 Å². The van der Waals surface area contributed by atoms with Crippen LogP contribution in [-0.2, 0) is 24.5 Å². The fourth-order valence-electron chi connectivity index (χ4n) is 8.33. The number of amides is 4. The number of nitrogens with zero attached hydrogens (tertiary/aromatic N) is 3. The summed E-state index contributed by atoms with van der Waals surface area (Å²) in [5.41, 5.74) is 10.6. The monoisotopic (exact) mass is 726 g/mol. The maximum Gasteiger partial charge on any atom is 0.415 e. The minimum Gasteiger partial charge on any atom is -0.493 e. The molecule has 16 heteroatoms. The molecule has 2 fully saturated rings. The first-order valence-electron chi connectivity index (χ1n) is 18.1. The standard InChI is InChI=1S/C36H54N8O8/c1-21-11-12-26(50-5)30-29(21)35-15-18-43(4)22(2)36(35,49)14-13-27(31(35)52-30)51-34(48)44-17-7-6-9-24(44)19-41-32(47)25(10-8-16-39-33(37)38)42-28(46)20-40-23(3)45/h11-13,22,24-25,31,49H,6-10,14-20H2,1-5H3,(H,40,45)(H,41,47)(H,42,46)(H4,37,38,39)/t22-,24?,25+,31+,35+,36-/m1/s1. The van der Waals surface area contributed by atoms with E-state index in [2.05, 4.69) is 25.8 Å². The molecule has 1 spiro atoms. The van der Waals surface area contributed by atoms with Crippen molar-refractivity contribution in [3.8, 4) is 11.5 Å². The summed E-state index contributed by atoms with van der Waals surface area (Å²) in [5.74, 6) is 0.0544. The quantitative estimate of drug-likeness (QED) is 0.0990. The van der Waals surface area contributed by atoms with Gasteiger partial charge in [0.1, 0.15) is 11.8 Å². The van der Waals surface area contributed by atoms with Crippen LogP contribution in [-0.4, -0.2) is 121 Å². The Kier molecular flexibility index (Phi) is 11.9. The molecule has 1 aliphatic carbocycles. The van der Waals surface area contributed by atoms with Crippen LogP contribution in [0.15, 0.2) is 29.0 Å². The summed E-state index contributed by atoms with van der Waals surface area (Å²) in [6, 6.07) is 2.33. The zero-order valence-corrected chi connectivity index (χ0v) is 30.8. The SMILES string of the molecule is COc1ccc(C)c2c1O[C@H]1C(OC(=O)N3CCCCC3CNC(=O)[C@H](CCCN=C(N)N)NC(=O)CNC(C)=O)=CC[C@@]3(O)[C@@H](C)N(C)CC[C@]213. The van der Waals surface area contributed by atoms with E-state index in [1.165, 1.54) is 6.92 Å². The highest BCUT2D eigenvalue weighted by molar-refractivity contribution is 5.89. The fraction of sp³-hybridized carbons (Fsp3) is 0.639. The largest absolute Gasteiger partial charge is 0.493 e. The molecule has 4 amide bonds. The second-order valence-corrected chi connectivity index (χ2v) is 14.3. The van der Waals surface area contributed by atoms with Gasteiger partial charge in [-0.1, -0.05) is 6.07 Å². The number of hydrogen-bond acceptors (Lipinski definition) is 10. The van der Waals surface area contributed by atoms with Gasteiger partial charge in [0.05, 0.1) is 30.7 Å². The molecule has 3 aliphatic heterocycles. The van der Waals surface area contributed by atoms with E-state index in [4.69, 9.17) is 25.7 Å². The number of ether oxygens (including phenoxy) is 3. The first-order valence-corrected chi connectivity index (χ1v) is 18.1. The maximum atomic E-state index is 14.0. The van der Waals surface area contributed by atoms with Gasteiger partial charge in [0, 0.05) is 44.6 Å². The van der Waals surface area contributed by atoms with E-state index in [0.29, 0.717) is 49.6 Å². The molecule has 286 valence electrons. The van der Waals surface area contributed by atoms with Crippen molar-refractivity contribution in [2.45, 2.75) is 101 Å². The lowest BCUT2D eigenvalue weighted by molar-refractivity contribution is -0.153. The van der Waals surface area contributed by atoms with Crippen molar-refractivity contribution in [1.29, 1.82) is 0 Å². The molecule has 2 saturated heterocycles. The number of methoxy groups -OCH3 is 1. The van der Waals surface area contributed by atoms with Crippen LogP contribution in [0.1, 0.15) is 69.9 Å². The molecule has 0 saturated carbocycles. The van der Waals surface area contributed by atoms with Gasteiger partial charge >= 0.3 is 6.09 Å². The van der Waals surface area contributed by atoms with E-state index in [9.17, 15) is 24.3 Å². The highest BCUT2D eigenvalue weighted by Gasteiger charge is 2.69. The minimum absolute atomic E-state index is 0.0745. The Morgan fingerprint density at radius 2 is 1.94 bits per heavy atom. The summed E-state index contributed by atoms with van der Waals surface area (Å²) in [4.78, 5) is 59.0. The molecule has 1 aromatic carbocycles. The van der Waals surface area contributed by atoms with Crippen LogP contribution in [0, 0.1) is 6.92 Å². The van der Waals surface area contributed by atoms with Gasteiger partial charge in [-0.2, -0.15) is 0 Å². The lowest BCUT2D eigenvalue weighted by Crippen LogP contribution is -2.71. The molecule has 5 rings (SSSR count). The number of fused-ring (bicyclic) bond motifs is 1. The van der Waals surface area contributed by atoms with Crippen molar-refractivity contribution in [2.24, 2.45) is 16.5 Å². The predicted octanol–water partition coefficient (Wildman–Crippen LogP) is 0.527. The zero-order valence-electron chi connectivity index (χ0n) is 30.8. The fourth-order valence-corrected chi connectivity index (χ4v) is 8.33. The summed E-state index contributed by atoms with van der Waals surface area (Å²) in [5, 5.41) is 20.6. The smallest absolute Gasteiger partial charge is 0.415 e.